The molecular weight excluding hydrogens is 319 g/mol. The molecule has 21 heavy (non-hydrogen) atoms. The lowest BCUT2D eigenvalue weighted by molar-refractivity contribution is -0.130. The predicted molar refractivity (Wildman–Crippen MR) is 79.2 cm³/mol. The topological polar surface area (TPSA) is 57.7 Å². The van der Waals surface area contributed by atoms with Gasteiger partial charge in [-0.25, -0.2) is 12.8 Å². The molecule has 1 aromatic carbocycles. The molecule has 1 aromatic rings. The van der Waals surface area contributed by atoms with Gasteiger partial charge in [-0.15, -0.1) is 0 Å². The van der Waals surface area contributed by atoms with E-state index in [1.807, 2.05) is 13.8 Å². The predicted octanol–water partition coefficient (Wildman–Crippen LogP) is 1.97. The van der Waals surface area contributed by atoms with E-state index < -0.39 is 15.8 Å². The van der Waals surface area contributed by atoms with Crippen molar-refractivity contribution in [1.29, 1.82) is 0 Å². The average molecular weight is 337 g/mol. The fourth-order valence-electron chi connectivity index (χ4n) is 1.80. The summed E-state index contributed by atoms with van der Waals surface area (Å²) in [4.78, 5) is 13.3. The third-order valence-corrected chi connectivity index (χ3v) is 5.34. The van der Waals surface area contributed by atoms with Crippen LogP contribution in [0.4, 0.5) is 4.39 Å². The van der Waals surface area contributed by atoms with Crippen LogP contribution in [-0.2, 0) is 14.8 Å². The first-order valence-electron chi connectivity index (χ1n) is 6.43. The molecule has 0 radical (unpaired) electrons. The SMILES string of the molecule is CCN(CC)C(=O)CN(C)S(=O)(=O)c1ccc(F)cc1Cl. The maximum absolute atomic E-state index is 13.0. The normalized spacial score (nSPS) is 11.7. The van der Waals surface area contributed by atoms with Gasteiger partial charge in [0.25, 0.3) is 0 Å². The smallest absolute Gasteiger partial charge is 0.244 e. The number of rotatable bonds is 6. The van der Waals surface area contributed by atoms with E-state index in [4.69, 9.17) is 11.6 Å². The molecular formula is C13H18ClFN2O3S. The molecule has 0 atom stereocenters. The Balaban J connectivity index is 2.99. The summed E-state index contributed by atoms with van der Waals surface area (Å²) < 4.78 is 38.6. The summed E-state index contributed by atoms with van der Waals surface area (Å²) in [6.45, 7) is 4.33. The number of hydrogen-bond donors (Lipinski definition) is 0. The molecule has 0 saturated heterocycles. The lowest BCUT2D eigenvalue weighted by atomic mass is 10.3. The molecule has 0 fully saturated rings. The zero-order valence-corrected chi connectivity index (χ0v) is 13.7. The Kier molecular flexibility index (Phi) is 6.12. The molecule has 8 heteroatoms. The van der Waals surface area contributed by atoms with Crippen LogP contribution >= 0.6 is 11.6 Å². The number of benzene rings is 1. The minimum Gasteiger partial charge on any atom is -0.342 e. The monoisotopic (exact) mass is 336 g/mol. The highest BCUT2D eigenvalue weighted by molar-refractivity contribution is 7.89. The van der Waals surface area contributed by atoms with Gasteiger partial charge < -0.3 is 4.90 Å². The molecule has 0 aliphatic rings. The number of sulfonamides is 1. The Bertz CT molecular complexity index is 618. The van der Waals surface area contributed by atoms with Gasteiger partial charge in [0.05, 0.1) is 11.6 Å². The number of amides is 1. The Morgan fingerprint density at radius 2 is 1.86 bits per heavy atom. The molecule has 0 aliphatic heterocycles. The minimum atomic E-state index is -3.94. The van der Waals surface area contributed by atoms with Crippen molar-refractivity contribution in [2.45, 2.75) is 18.7 Å². The quantitative estimate of drug-likeness (QED) is 0.798. The first kappa shape index (κ1) is 17.9. The molecule has 0 saturated carbocycles. The lowest BCUT2D eigenvalue weighted by Gasteiger charge is -2.23. The molecule has 0 bridgehead atoms. The Morgan fingerprint density at radius 1 is 1.29 bits per heavy atom. The number of hydrogen-bond acceptors (Lipinski definition) is 3. The molecule has 0 aromatic heterocycles. The van der Waals surface area contributed by atoms with E-state index in [-0.39, 0.29) is 22.4 Å². The van der Waals surface area contributed by atoms with Crippen molar-refractivity contribution in [2.24, 2.45) is 0 Å². The number of carbonyl (C=O) groups is 1. The van der Waals surface area contributed by atoms with Crippen LogP contribution in [0.5, 0.6) is 0 Å². The van der Waals surface area contributed by atoms with Crippen LogP contribution in [0, 0.1) is 5.82 Å². The standard InChI is InChI=1S/C13H18ClFN2O3S/c1-4-17(5-2)13(18)9-16(3)21(19,20)12-7-6-10(15)8-11(12)14/h6-8H,4-5,9H2,1-3H3. The van der Waals surface area contributed by atoms with Crippen molar-refractivity contribution in [2.75, 3.05) is 26.7 Å². The first-order chi connectivity index (χ1) is 9.73. The molecule has 118 valence electrons. The van der Waals surface area contributed by atoms with E-state index in [0.717, 1.165) is 22.5 Å². The Morgan fingerprint density at radius 3 is 2.33 bits per heavy atom. The van der Waals surface area contributed by atoms with Gasteiger partial charge in [-0.2, -0.15) is 4.31 Å². The largest absolute Gasteiger partial charge is 0.342 e. The zero-order valence-electron chi connectivity index (χ0n) is 12.1. The van der Waals surface area contributed by atoms with Gasteiger partial charge in [0.1, 0.15) is 10.7 Å². The number of likely N-dealkylation sites (N-methyl/N-ethyl adjacent to an activating group) is 2. The van der Waals surface area contributed by atoms with Crippen molar-refractivity contribution >= 4 is 27.5 Å². The van der Waals surface area contributed by atoms with E-state index in [0.29, 0.717) is 13.1 Å². The Hall–Kier alpha value is -1.18. The summed E-state index contributed by atoms with van der Waals surface area (Å²) in [5.41, 5.74) is 0. The van der Waals surface area contributed by atoms with E-state index in [9.17, 15) is 17.6 Å². The summed E-state index contributed by atoms with van der Waals surface area (Å²) in [6, 6.07) is 3.03. The van der Waals surface area contributed by atoms with Crippen LogP contribution in [0.25, 0.3) is 0 Å². The molecule has 0 N–H and O–H groups in total. The van der Waals surface area contributed by atoms with Crippen LogP contribution < -0.4 is 0 Å². The summed E-state index contributed by atoms with van der Waals surface area (Å²) in [5.74, 6) is -0.926. The summed E-state index contributed by atoms with van der Waals surface area (Å²) >= 11 is 5.77. The fourth-order valence-corrected chi connectivity index (χ4v) is 3.43. The van der Waals surface area contributed by atoms with Crippen molar-refractivity contribution < 1.29 is 17.6 Å². The zero-order chi connectivity index (χ0) is 16.2. The maximum Gasteiger partial charge on any atom is 0.244 e. The molecule has 0 aliphatic carbocycles. The van der Waals surface area contributed by atoms with Crippen molar-refractivity contribution in [3.05, 3.63) is 29.0 Å². The van der Waals surface area contributed by atoms with Crippen LogP contribution in [0.2, 0.25) is 5.02 Å². The summed E-state index contributed by atoms with van der Waals surface area (Å²) in [7, 11) is -2.66. The van der Waals surface area contributed by atoms with Gasteiger partial charge in [0.2, 0.25) is 15.9 Å². The second-order valence-corrected chi connectivity index (χ2v) is 6.82. The van der Waals surface area contributed by atoms with Crippen molar-refractivity contribution in [3.63, 3.8) is 0 Å². The number of carbonyl (C=O) groups excluding carboxylic acids is 1. The second-order valence-electron chi connectivity index (χ2n) is 4.40. The van der Waals surface area contributed by atoms with Gasteiger partial charge in [0.15, 0.2) is 0 Å². The van der Waals surface area contributed by atoms with Gasteiger partial charge in [-0.05, 0) is 32.0 Å². The number of nitrogens with zero attached hydrogens (tertiary/aromatic N) is 2. The molecule has 0 heterocycles. The highest BCUT2D eigenvalue weighted by atomic mass is 35.5. The Labute approximate surface area is 129 Å². The highest BCUT2D eigenvalue weighted by Gasteiger charge is 2.26. The summed E-state index contributed by atoms with van der Waals surface area (Å²) in [6.07, 6.45) is 0. The molecule has 1 amide bonds. The van der Waals surface area contributed by atoms with Crippen LogP contribution in [0.1, 0.15) is 13.8 Å². The average Bonchev–Trinajstić information content (AvgIpc) is 2.39. The van der Waals surface area contributed by atoms with Gasteiger partial charge in [-0.3, -0.25) is 4.79 Å². The third-order valence-electron chi connectivity index (χ3n) is 3.06. The highest BCUT2D eigenvalue weighted by Crippen LogP contribution is 2.24. The van der Waals surface area contributed by atoms with E-state index >= 15 is 0 Å². The minimum absolute atomic E-state index is 0.211. The van der Waals surface area contributed by atoms with Crippen molar-refractivity contribution in [1.82, 2.24) is 9.21 Å². The van der Waals surface area contributed by atoms with E-state index in [1.165, 1.54) is 11.9 Å². The molecule has 1 rings (SSSR count). The van der Waals surface area contributed by atoms with Gasteiger partial charge in [-0.1, -0.05) is 11.6 Å². The van der Waals surface area contributed by atoms with Gasteiger partial charge in [0, 0.05) is 20.1 Å². The first-order valence-corrected chi connectivity index (χ1v) is 8.25. The molecule has 5 nitrogen and oxygen atoms in total. The summed E-state index contributed by atoms with van der Waals surface area (Å²) in [5, 5.41) is -0.211. The van der Waals surface area contributed by atoms with E-state index in [2.05, 4.69) is 0 Å². The van der Waals surface area contributed by atoms with Crippen LogP contribution in [0.3, 0.4) is 0 Å². The molecule has 0 unspecified atom stereocenters. The fraction of sp³-hybridized carbons (Fsp3) is 0.462. The second kappa shape index (κ2) is 7.20. The maximum atomic E-state index is 13.0. The van der Waals surface area contributed by atoms with Crippen LogP contribution in [-0.4, -0.2) is 50.2 Å². The van der Waals surface area contributed by atoms with Gasteiger partial charge >= 0.3 is 0 Å². The van der Waals surface area contributed by atoms with E-state index in [1.54, 1.807) is 0 Å². The molecule has 0 spiro atoms. The third kappa shape index (κ3) is 4.15. The number of halogens is 2. The lowest BCUT2D eigenvalue weighted by Crippen LogP contribution is -2.41. The van der Waals surface area contributed by atoms with Crippen molar-refractivity contribution in [3.8, 4) is 0 Å². The van der Waals surface area contributed by atoms with Crippen LogP contribution in [0.15, 0.2) is 23.1 Å².